The van der Waals surface area contributed by atoms with Crippen molar-refractivity contribution in [2.45, 2.75) is 0 Å². The number of hydrogen-bond donors (Lipinski definition) is 2. The molecular formula is H4CaCrO3Si. The smallest absolute Gasteiger partial charge is 0 e. The second-order valence-corrected chi connectivity index (χ2v) is 0.848. The van der Waals surface area contributed by atoms with Crippen molar-refractivity contribution in [3.05, 3.63) is 0 Å². The molecule has 0 saturated heterocycles. The van der Waals surface area contributed by atoms with Crippen LogP contribution in [0.15, 0.2) is 0 Å². The Morgan fingerprint density at radius 1 is 1.33 bits per heavy atom. The van der Waals surface area contributed by atoms with Gasteiger partial charge in [-0.2, -0.15) is 0 Å². The van der Waals surface area contributed by atoms with Gasteiger partial charge in [0.05, 0.1) is 0 Å². The molecule has 0 spiro atoms. The minimum Gasteiger partial charge on any atom is 0 e. The molecule has 3 nitrogen and oxygen atoms in total. The fourth-order valence-electron chi connectivity index (χ4n) is 0. The van der Waals surface area contributed by atoms with E-state index in [1.807, 2.05) is 0 Å². The van der Waals surface area contributed by atoms with E-state index in [0.29, 0.717) is 0 Å². The predicted molar refractivity (Wildman–Crippen MR) is 19.4 cm³/mol. The molecule has 0 rings (SSSR count). The van der Waals surface area contributed by atoms with Gasteiger partial charge in [-0.25, -0.2) is 0 Å². The van der Waals surface area contributed by atoms with Gasteiger partial charge in [-0.15, -0.1) is 0 Å². The molecule has 0 aliphatic rings. The number of rotatable bonds is 0. The maximum Gasteiger partial charge on any atom is 0 e. The van der Waals surface area contributed by atoms with E-state index in [9.17, 15) is 0 Å². The normalized spacial score (nSPS) is 4.00. The molecule has 0 aromatic rings. The first-order valence-corrected chi connectivity index (χ1v) is 1.95. The average Bonchev–Trinajstić information content (AvgIpc) is 0.811. The Hall–Kier alpha value is 1.41. The monoisotopic (exact) mass is 172 g/mol. The zero-order valence-electron chi connectivity index (χ0n) is 2.21. The molecule has 0 aliphatic heterocycles. The molecule has 0 saturated carbocycles. The summed E-state index contributed by atoms with van der Waals surface area (Å²) >= 11 is 0. The quantitative estimate of drug-likeness (QED) is 0.396. The summed E-state index contributed by atoms with van der Waals surface area (Å²) in [5.74, 6) is 0. The van der Waals surface area contributed by atoms with Crippen LogP contribution in [0.3, 0.4) is 0 Å². The molecule has 0 unspecified atom stereocenters. The summed E-state index contributed by atoms with van der Waals surface area (Å²) in [7, 11) is -3.13. The van der Waals surface area contributed by atoms with Crippen molar-refractivity contribution in [3.63, 3.8) is 0 Å². The van der Waals surface area contributed by atoms with Crippen LogP contribution in [-0.4, -0.2) is 56.5 Å². The van der Waals surface area contributed by atoms with E-state index >= 15 is 0 Å². The molecule has 0 atom stereocenters. The van der Waals surface area contributed by atoms with Crippen LogP contribution in [0.1, 0.15) is 0 Å². The third-order valence-corrected chi connectivity index (χ3v) is 0. The SMILES string of the molecule is O=[Si](O)O.[CaH2].[Cr]. The maximum atomic E-state index is 8.74. The molecule has 0 aliphatic carbocycles. The van der Waals surface area contributed by atoms with Gasteiger partial charge in [0, 0.05) is 17.4 Å². The van der Waals surface area contributed by atoms with Crippen LogP contribution in [0.2, 0.25) is 0 Å². The molecule has 0 aromatic carbocycles. The summed E-state index contributed by atoms with van der Waals surface area (Å²) in [6.45, 7) is 0. The Balaban J connectivity index is -0.0000000450. The molecule has 0 amide bonds. The maximum absolute atomic E-state index is 8.74. The van der Waals surface area contributed by atoms with E-state index in [1.165, 1.54) is 0 Å². The van der Waals surface area contributed by atoms with Crippen LogP contribution in [0.25, 0.3) is 0 Å². The summed E-state index contributed by atoms with van der Waals surface area (Å²) in [4.78, 5) is 14.3. The Labute approximate surface area is 77.4 Å². The van der Waals surface area contributed by atoms with Crippen LogP contribution < -0.4 is 0 Å². The average molecular weight is 172 g/mol. The molecule has 2 N–H and O–H groups in total. The van der Waals surface area contributed by atoms with Crippen molar-refractivity contribution in [2.24, 2.45) is 0 Å². The molecule has 6 heavy (non-hydrogen) atoms. The first kappa shape index (κ1) is 15.7. The van der Waals surface area contributed by atoms with E-state index in [0.717, 1.165) is 0 Å². The van der Waals surface area contributed by atoms with Crippen LogP contribution in [0.4, 0.5) is 0 Å². The zero-order valence-corrected chi connectivity index (χ0v) is 4.49. The van der Waals surface area contributed by atoms with Crippen molar-refractivity contribution >= 4 is 46.9 Å². The third-order valence-electron chi connectivity index (χ3n) is 0. The van der Waals surface area contributed by atoms with Gasteiger partial charge < -0.3 is 9.59 Å². The minimum atomic E-state index is -3.13. The topological polar surface area (TPSA) is 57.5 Å². The standard InChI is InChI=1S/Ca.Cr.H2O3Si.2H/c;;1-4(2)3;;/h;;1-2H;;. The van der Waals surface area contributed by atoms with Gasteiger partial charge in [0.15, 0.2) is 0 Å². The molecular weight excluding hydrogens is 168 g/mol. The summed E-state index contributed by atoms with van der Waals surface area (Å²) in [5, 5.41) is 0. The van der Waals surface area contributed by atoms with Gasteiger partial charge >= 0.3 is 46.9 Å². The second-order valence-electron chi connectivity index (χ2n) is 0.283. The molecule has 0 fully saturated rings. The van der Waals surface area contributed by atoms with E-state index in [2.05, 4.69) is 0 Å². The summed E-state index contributed by atoms with van der Waals surface area (Å²) < 4.78 is 8.74. The Kier molecular flexibility index (Phi) is 25.2. The largest absolute Gasteiger partial charge is 0 e. The first-order valence-electron chi connectivity index (χ1n) is 0.651. The zero-order chi connectivity index (χ0) is 3.58. The Morgan fingerprint density at radius 3 is 1.33 bits per heavy atom. The van der Waals surface area contributed by atoms with Crippen LogP contribution in [0, 0.1) is 0 Å². The molecule has 0 bridgehead atoms. The number of hydrogen-bond acceptors (Lipinski definition) is 1. The summed E-state index contributed by atoms with van der Waals surface area (Å²) in [6.07, 6.45) is 0. The molecule has 0 aromatic heterocycles. The Morgan fingerprint density at radius 2 is 1.33 bits per heavy atom. The van der Waals surface area contributed by atoms with Crippen LogP contribution in [0.5, 0.6) is 0 Å². The van der Waals surface area contributed by atoms with Crippen LogP contribution >= 0.6 is 0 Å². The Bertz CT molecular complexity index is 33.8. The van der Waals surface area contributed by atoms with Crippen molar-refractivity contribution in [2.75, 3.05) is 0 Å². The fraction of sp³-hybridized carbons (Fsp3) is 0. The van der Waals surface area contributed by atoms with E-state index in [-0.39, 0.29) is 55.1 Å². The van der Waals surface area contributed by atoms with Crippen molar-refractivity contribution in [1.29, 1.82) is 0 Å². The van der Waals surface area contributed by atoms with E-state index in [1.54, 1.807) is 0 Å². The predicted octanol–water partition coefficient (Wildman–Crippen LogP) is -2.53. The van der Waals surface area contributed by atoms with Crippen molar-refractivity contribution in [3.8, 4) is 0 Å². The van der Waals surface area contributed by atoms with Crippen LogP contribution in [-0.2, 0) is 21.8 Å². The molecule has 0 radical (unpaired) electrons. The first-order chi connectivity index (χ1) is 1.73. The summed E-state index contributed by atoms with van der Waals surface area (Å²) in [5.41, 5.74) is 0. The fourth-order valence-corrected chi connectivity index (χ4v) is 0. The van der Waals surface area contributed by atoms with Gasteiger partial charge in [0.1, 0.15) is 0 Å². The van der Waals surface area contributed by atoms with Gasteiger partial charge in [0.2, 0.25) is 0 Å². The minimum absolute atomic E-state index is 0. The molecule has 0 heterocycles. The summed E-state index contributed by atoms with van der Waals surface area (Å²) in [6, 6.07) is 0. The van der Waals surface area contributed by atoms with Gasteiger partial charge in [-0.05, 0) is 0 Å². The van der Waals surface area contributed by atoms with Crippen molar-refractivity contribution in [1.82, 2.24) is 0 Å². The molecule has 6 heteroatoms. The van der Waals surface area contributed by atoms with Gasteiger partial charge in [-0.1, -0.05) is 0 Å². The van der Waals surface area contributed by atoms with Crippen molar-refractivity contribution < 1.29 is 31.4 Å². The molecule has 34 valence electrons. The van der Waals surface area contributed by atoms with Gasteiger partial charge in [-0.3, -0.25) is 4.46 Å². The van der Waals surface area contributed by atoms with Gasteiger partial charge in [0.25, 0.3) is 0 Å². The van der Waals surface area contributed by atoms with E-state index < -0.39 is 9.17 Å². The second kappa shape index (κ2) is 9.65. The van der Waals surface area contributed by atoms with E-state index in [4.69, 9.17) is 14.1 Å². The third kappa shape index (κ3) is 53.0.